The van der Waals surface area contributed by atoms with Gasteiger partial charge >= 0.3 is 0 Å². The fraction of sp³-hybridized carbons (Fsp3) is 0.417. The van der Waals surface area contributed by atoms with Gasteiger partial charge in [-0.25, -0.2) is 12.7 Å². The van der Waals surface area contributed by atoms with Gasteiger partial charge in [-0.3, -0.25) is 9.80 Å². The van der Waals surface area contributed by atoms with Crippen LogP contribution in [0, 0.1) is 0 Å². The van der Waals surface area contributed by atoms with Gasteiger partial charge in [-0.15, -0.1) is 6.58 Å². The SMILES string of the molecule is C=CCN1C[C@@H](C)N(C(c2ccc(S(=O)(=O)N(C)C)cc2)c2cccc(O)c2)C[C@H]1C. The summed E-state index contributed by atoms with van der Waals surface area (Å²) in [7, 11) is -0.420. The first-order valence-corrected chi connectivity index (χ1v) is 12.0. The Morgan fingerprint density at radius 1 is 1.10 bits per heavy atom. The summed E-state index contributed by atoms with van der Waals surface area (Å²) in [6.07, 6.45) is 1.94. The van der Waals surface area contributed by atoms with Crippen molar-refractivity contribution in [2.75, 3.05) is 33.7 Å². The molecule has 1 fully saturated rings. The van der Waals surface area contributed by atoms with Gasteiger partial charge in [0.05, 0.1) is 10.9 Å². The number of phenols is 1. The Kier molecular flexibility index (Phi) is 7.21. The maximum absolute atomic E-state index is 12.5. The maximum atomic E-state index is 12.5. The summed E-state index contributed by atoms with van der Waals surface area (Å²) in [5.74, 6) is 0.223. The van der Waals surface area contributed by atoms with E-state index in [9.17, 15) is 13.5 Å². The molecular weight excluding hydrogens is 410 g/mol. The minimum atomic E-state index is -3.49. The summed E-state index contributed by atoms with van der Waals surface area (Å²) in [5, 5.41) is 10.1. The molecule has 1 aliphatic heterocycles. The molecule has 0 saturated carbocycles. The molecule has 1 unspecified atom stereocenters. The van der Waals surface area contributed by atoms with Crippen LogP contribution >= 0.6 is 0 Å². The van der Waals surface area contributed by atoms with Gasteiger partial charge in [0.1, 0.15) is 5.75 Å². The molecule has 7 heteroatoms. The number of aromatic hydroxyl groups is 1. The molecule has 0 aliphatic carbocycles. The van der Waals surface area contributed by atoms with Crippen LogP contribution < -0.4 is 0 Å². The van der Waals surface area contributed by atoms with Crippen molar-refractivity contribution < 1.29 is 13.5 Å². The van der Waals surface area contributed by atoms with Crippen LogP contribution in [0.1, 0.15) is 31.0 Å². The van der Waals surface area contributed by atoms with Crippen molar-refractivity contribution in [3.8, 4) is 5.75 Å². The van der Waals surface area contributed by atoms with E-state index >= 15 is 0 Å². The zero-order valence-electron chi connectivity index (χ0n) is 18.8. The zero-order valence-corrected chi connectivity index (χ0v) is 19.6. The largest absolute Gasteiger partial charge is 0.508 e. The van der Waals surface area contributed by atoms with Crippen LogP contribution in [-0.2, 0) is 10.0 Å². The van der Waals surface area contributed by atoms with E-state index in [4.69, 9.17) is 0 Å². The molecule has 1 N–H and O–H groups in total. The van der Waals surface area contributed by atoms with Crippen molar-refractivity contribution in [3.63, 3.8) is 0 Å². The van der Waals surface area contributed by atoms with Crippen molar-refractivity contribution >= 4 is 10.0 Å². The van der Waals surface area contributed by atoms with Gasteiger partial charge in [-0.05, 0) is 49.2 Å². The highest BCUT2D eigenvalue weighted by molar-refractivity contribution is 7.89. The quantitative estimate of drug-likeness (QED) is 0.665. The second-order valence-electron chi connectivity index (χ2n) is 8.49. The monoisotopic (exact) mass is 443 g/mol. The molecule has 3 atom stereocenters. The highest BCUT2D eigenvalue weighted by Crippen LogP contribution is 2.35. The van der Waals surface area contributed by atoms with Gasteiger partial charge < -0.3 is 5.11 Å². The highest BCUT2D eigenvalue weighted by Gasteiger charge is 2.34. The molecule has 0 radical (unpaired) electrons. The standard InChI is InChI=1S/C24H33N3O3S/c1-6-14-26-16-19(3)27(17-18(26)2)24(21-8-7-9-22(28)15-21)20-10-12-23(13-11-20)31(29,30)25(4)5/h6-13,15,18-19,24,28H,1,14,16-17H2,2-5H3/t18-,19-,24?/m1/s1. The number of hydrogen-bond acceptors (Lipinski definition) is 5. The van der Waals surface area contributed by atoms with Gasteiger partial charge in [-0.1, -0.05) is 30.3 Å². The van der Waals surface area contributed by atoms with E-state index in [0.717, 1.165) is 30.8 Å². The van der Waals surface area contributed by atoms with E-state index in [1.54, 1.807) is 24.3 Å². The van der Waals surface area contributed by atoms with Gasteiger partial charge in [-0.2, -0.15) is 0 Å². The first kappa shape index (κ1) is 23.5. The molecule has 2 aromatic carbocycles. The van der Waals surface area contributed by atoms with Gasteiger partial charge in [0.15, 0.2) is 0 Å². The minimum absolute atomic E-state index is 0.0912. The first-order valence-electron chi connectivity index (χ1n) is 10.6. The van der Waals surface area contributed by atoms with Crippen LogP contribution in [0.25, 0.3) is 0 Å². The van der Waals surface area contributed by atoms with E-state index in [1.165, 1.54) is 18.4 Å². The van der Waals surface area contributed by atoms with Crippen molar-refractivity contribution in [2.45, 2.75) is 36.9 Å². The van der Waals surface area contributed by atoms with Gasteiger partial charge in [0, 0.05) is 45.8 Å². The van der Waals surface area contributed by atoms with Crippen LogP contribution in [-0.4, -0.2) is 73.4 Å². The second kappa shape index (κ2) is 9.53. The van der Waals surface area contributed by atoms with E-state index in [1.807, 2.05) is 30.3 Å². The lowest BCUT2D eigenvalue weighted by Gasteiger charge is -2.47. The number of piperazine rings is 1. The Morgan fingerprint density at radius 3 is 2.35 bits per heavy atom. The predicted octanol–water partition coefficient (Wildman–Crippen LogP) is 3.31. The number of nitrogens with zero attached hydrogens (tertiary/aromatic N) is 3. The summed E-state index contributed by atoms with van der Waals surface area (Å²) in [6, 6.07) is 15.0. The Bertz CT molecular complexity index is 1000. The lowest BCUT2D eigenvalue weighted by atomic mass is 9.93. The van der Waals surface area contributed by atoms with E-state index < -0.39 is 10.0 Å². The Balaban J connectivity index is 2.01. The maximum Gasteiger partial charge on any atom is 0.242 e. The smallest absolute Gasteiger partial charge is 0.242 e. The molecule has 1 saturated heterocycles. The number of rotatable bonds is 7. The molecule has 0 bridgehead atoms. The normalized spacial score (nSPS) is 21.8. The third-order valence-corrected chi connectivity index (χ3v) is 7.85. The van der Waals surface area contributed by atoms with Crippen LogP contribution in [0.2, 0.25) is 0 Å². The molecule has 0 spiro atoms. The molecular formula is C24H33N3O3S. The zero-order chi connectivity index (χ0) is 22.8. The summed E-state index contributed by atoms with van der Waals surface area (Å²) >= 11 is 0. The lowest BCUT2D eigenvalue weighted by Crippen LogP contribution is -2.57. The van der Waals surface area contributed by atoms with Crippen molar-refractivity contribution in [2.24, 2.45) is 0 Å². The molecule has 0 amide bonds. The Morgan fingerprint density at radius 2 is 1.77 bits per heavy atom. The molecule has 6 nitrogen and oxygen atoms in total. The minimum Gasteiger partial charge on any atom is -0.508 e. The fourth-order valence-corrected chi connectivity index (χ4v) is 5.21. The van der Waals surface area contributed by atoms with Gasteiger partial charge in [0.2, 0.25) is 10.0 Å². The molecule has 0 aromatic heterocycles. The number of sulfonamides is 1. The molecule has 1 aliphatic rings. The summed E-state index contributed by atoms with van der Waals surface area (Å²) in [5.41, 5.74) is 1.99. The summed E-state index contributed by atoms with van der Waals surface area (Å²) in [4.78, 5) is 5.13. The molecule has 2 aromatic rings. The van der Waals surface area contributed by atoms with E-state index in [-0.39, 0.29) is 22.7 Å². The van der Waals surface area contributed by atoms with Crippen molar-refractivity contribution in [3.05, 3.63) is 72.3 Å². The highest BCUT2D eigenvalue weighted by atomic mass is 32.2. The van der Waals surface area contributed by atoms with Crippen molar-refractivity contribution in [1.29, 1.82) is 0 Å². The van der Waals surface area contributed by atoms with Crippen LogP contribution in [0.4, 0.5) is 0 Å². The van der Waals surface area contributed by atoms with E-state index in [2.05, 4.69) is 30.2 Å². The average molecular weight is 444 g/mol. The Labute approximate surface area is 186 Å². The number of phenolic OH excluding ortho intramolecular Hbond substituents is 1. The van der Waals surface area contributed by atoms with Gasteiger partial charge in [0.25, 0.3) is 0 Å². The molecule has 31 heavy (non-hydrogen) atoms. The number of hydrogen-bond donors (Lipinski definition) is 1. The third kappa shape index (κ3) is 5.01. The van der Waals surface area contributed by atoms with Crippen LogP contribution in [0.15, 0.2) is 66.1 Å². The molecule has 3 rings (SSSR count). The predicted molar refractivity (Wildman–Crippen MR) is 125 cm³/mol. The lowest BCUT2D eigenvalue weighted by molar-refractivity contribution is 0.0306. The average Bonchev–Trinajstić information content (AvgIpc) is 2.72. The van der Waals surface area contributed by atoms with E-state index in [0.29, 0.717) is 6.04 Å². The first-order chi connectivity index (χ1) is 14.6. The molecule has 1 heterocycles. The third-order valence-electron chi connectivity index (χ3n) is 6.02. The van der Waals surface area contributed by atoms with Crippen LogP contribution in [0.5, 0.6) is 5.75 Å². The van der Waals surface area contributed by atoms with Crippen LogP contribution in [0.3, 0.4) is 0 Å². The molecule has 168 valence electrons. The summed E-state index contributed by atoms with van der Waals surface area (Å²) < 4.78 is 26.2. The Hall–Kier alpha value is -2.19. The topological polar surface area (TPSA) is 64.1 Å². The summed E-state index contributed by atoms with van der Waals surface area (Å²) in [6.45, 7) is 10.9. The number of benzene rings is 2. The van der Waals surface area contributed by atoms with Crippen molar-refractivity contribution in [1.82, 2.24) is 14.1 Å². The second-order valence-corrected chi connectivity index (χ2v) is 10.6. The fourth-order valence-electron chi connectivity index (χ4n) is 4.31.